The minimum atomic E-state index is 0.255. The first-order valence-electron chi connectivity index (χ1n) is 5.83. The van der Waals surface area contributed by atoms with Crippen LogP contribution in [-0.4, -0.2) is 5.78 Å². The van der Waals surface area contributed by atoms with Crippen LogP contribution in [0.25, 0.3) is 0 Å². The largest absolute Gasteiger partial charge is 0.300 e. The van der Waals surface area contributed by atoms with E-state index in [1.54, 1.807) is 6.92 Å². The highest BCUT2D eigenvalue weighted by atomic mass is 16.1. The fourth-order valence-electron chi connectivity index (χ4n) is 2.36. The molecule has 0 aromatic heterocycles. The highest BCUT2D eigenvalue weighted by Gasteiger charge is 2.27. The molecule has 0 radical (unpaired) electrons. The molecule has 0 aromatic rings. The summed E-state index contributed by atoms with van der Waals surface area (Å²) in [7, 11) is 0. The number of carbonyl (C=O) groups excluding carboxylic acids is 1. The van der Waals surface area contributed by atoms with E-state index in [2.05, 4.69) is 32.9 Å². The van der Waals surface area contributed by atoms with Gasteiger partial charge in [-0.25, -0.2) is 0 Å². The van der Waals surface area contributed by atoms with Crippen LogP contribution in [0, 0.1) is 11.8 Å². The van der Waals surface area contributed by atoms with Crippen LogP contribution in [0.3, 0.4) is 0 Å². The SMILES string of the molecule is CC(=O)[C@@H]1CCC=C(C)[C@@H]1CC=C(C)C. The van der Waals surface area contributed by atoms with Crippen molar-refractivity contribution < 1.29 is 4.79 Å². The van der Waals surface area contributed by atoms with Crippen LogP contribution >= 0.6 is 0 Å². The molecule has 0 unspecified atom stereocenters. The van der Waals surface area contributed by atoms with Crippen LogP contribution in [0.15, 0.2) is 23.3 Å². The Labute approximate surface area is 93.3 Å². The van der Waals surface area contributed by atoms with Gasteiger partial charge in [-0.1, -0.05) is 23.3 Å². The Morgan fingerprint density at radius 1 is 1.47 bits per heavy atom. The zero-order chi connectivity index (χ0) is 11.4. The summed E-state index contributed by atoms with van der Waals surface area (Å²) < 4.78 is 0. The molecule has 0 bridgehead atoms. The van der Waals surface area contributed by atoms with Gasteiger partial charge in [0.1, 0.15) is 5.78 Å². The van der Waals surface area contributed by atoms with Gasteiger partial charge in [0.2, 0.25) is 0 Å². The Kier molecular flexibility index (Phi) is 4.31. The lowest BCUT2D eigenvalue weighted by Gasteiger charge is -2.29. The molecule has 0 spiro atoms. The van der Waals surface area contributed by atoms with Crippen molar-refractivity contribution in [3.8, 4) is 0 Å². The lowest BCUT2D eigenvalue weighted by Crippen LogP contribution is -2.25. The summed E-state index contributed by atoms with van der Waals surface area (Å²) in [6, 6.07) is 0. The van der Waals surface area contributed by atoms with Crippen LogP contribution in [-0.2, 0) is 4.79 Å². The Balaban J connectivity index is 2.78. The topological polar surface area (TPSA) is 17.1 Å². The third-order valence-corrected chi connectivity index (χ3v) is 3.32. The van der Waals surface area contributed by atoms with Crippen molar-refractivity contribution in [3.63, 3.8) is 0 Å². The summed E-state index contributed by atoms with van der Waals surface area (Å²) in [6.45, 7) is 8.13. The van der Waals surface area contributed by atoms with Crippen molar-refractivity contribution in [1.29, 1.82) is 0 Å². The molecule has 1 nitrogen and oxygen atoms in total. The molecule has 1 heteroatoms. The summed E-state index contributed by atoms with van der Waals surface area (Å²) in [6.07, 6.45) is 7.68. The molecule has 1 aliphatic rings. The number of Topliss-reactive ketones (excluding diaryl/α,β-unsaturated/α-hetero) is 1. The zero-order valence-corrected chi connectivity index (χ0v) is 10.3. The minimum Gasteiger partial charge on any atom is -0.300 e. The van der Waals surface area contributed by atoms with Crippen LogP contribution in [0.4, 0.5) is 0 Å². The average Bonchev–Trinajstić information content (AvgIpc) is 2.15. The van der Waals surface area contributed by atoms with Crippen molar-refractivity contribution in [2.75, 3.05) is 0 Å². The summed E-state index contributed by atoms with van der Waals surface area (Å²) in [5.41, 5.74) is 2.75. The van der Waals surface area contributed by atoms with Crippen molar-refractivity contribution in [2.45, 2.75) is 47.0 Å². The standard InChI is InChI=1S/C14H22O/c1-10(2)8-9-13-11(3)6-5-7-14(13)12(4)15/h6,8,13-14H,5,7,9H2,1-4H3/t13-,14-/m0/s1. The lowest BCUT2D eigenvalue weighted by molar-refractivity contribution is -0.122. The molecule has 0 N–H and O–H groups in total. The minimum absolute atomic E-state index is 0.255. The van der Waals surface area contributed by atoms with Crippen molar-refractivity contribution >= 4 is 5.78 Å². The zero-order valence-electron chi connectivity index (χ0n) is 10.3. The van der Waals surface area contributed by atoms with E-state index >= 15 is 0 Å². The van der Waals surface area contributed by atoms with E-state index in [1.807, 2.05) is 0 Å². The maximum atomic E-state index is 11.6. The van der Waals surface area contributed by atoms with Crippen LogP contribution < -0.4 is 0 Å². The predicted molar refractivity (Wildman–Crippen MR) is 64.7 cm³/mol. The van der Waals surface area contributed by atoms with Gasteiger partial charge in [0.05, 0.1) is 0 Å². The van der Waals surface area contributed by atoms with Crippen LogP contribution in [0.2, 0.25) is 0 Å². The van der Waals surface area contributed by atoms with Gasteiger partial charge in [-0.05, 0) is 52.9 Å². The van der Waals surface area contributed by atoms with Gasteiger partial charge in [-0.3, -0.25) is 4.79 Å². The van der Waals surface area contributed by atoms with E-state index in [1.165, 1.54) is 11.1 Å². The third-order valence-electron chi connectivity index (χ3n) is 3.32. The molecule has 15 heavy (non-hydrogen) atoms. The summed E-state index contributed by atoms with van der Waals surface area (Å²) in [5.74, 6) is 1.06. The molecule has 0 amide bonds. The smallest absolute Gasteiger partial charge is 0.133 e. The van der Waals surface area contributed by atoms with E-state index in [-0.39, 0.29) is 5.92 Å². The summed E-state index contributed by atoms with van der Waals surface area (Å²) in [4.78, 5) is 11.6. The Morgan fingerprint density at radius 3 is 2.67 bits per heavy atom. The lowest BCUT2D eigenvalue weighted by atomic mass is 9.75. The molecular formula is C14H22O. The first kappa shape index (κ1) is 12.2. The molecule has 1 aliphatic carbocycles. The summed E-state index contributed by atoms with van der Waals surface area (Å²) in [5, 5.41) is 0. The van der Waals surface area contributed by atoms with Crippen molar-refractivity contribution in [1.82, 2.24) is 0 Å². The van der Waals surface area contributed by atoms with E-state index < -0.39 is 0 Å². The van der Waals surface area contributed by atoms with Crippen LogP contribution in [0.5, 0.6) is 0 Å². The fourth-order valence-corrected chi connectivity index (χ4v) is 2.36. The third kappa shape index (κ3) is 3.33. The Morgan fingerprint density at radius 2 is 2.13 bits per heavy atom. The molecule has 0 fully saturated rings. The molecule has 0 saturated carbocycles. The first-order valence-corrected chi connectivity index (χ1v) is 5.83. The monoisotopic (exact) mass is 206 g/mol. The Hall–Kier alpha value is -0.850. The van der Waals surface area contributed by atoms with Gasteiger partial charge in [0.25, 0.3) is 0 Å². The fraction of sp³-hybridized carbons (Fsp3) is 0.643. The van der Waals surface area contributed by atoms with E-state index in [4.69, 9.17) is 0 Å². The van der Waals surface area contributed by atoms with Crippen molar-refractivity contribution in [3.05, 3.63) is 23.3 Å². The maximum Gasteiger partial charge on any atom is 0.133 e. The van der Waals surface area contributed by atoms with Gasteiger partial charge < -0.3 is 0 Å². The molecule has 2 atom stereocenters. The number of carbonyl (C=O) groups is 1. The number of hydrogen-bond acceptors (Lipinski definition) is 1. The molecule has 1 rings (SSSR count). The number of allylic oxidation sites excluding steroid dienone is 4. The molecular weight excluding hydrogens is 184 g/mol. The first-order chi connectivity index (χ1) is 7.02. The summed E-state index contributed by atoms with van der Waals surface area (Å²) >= 11 is 0. The number of rotatable bonds is 3. The van der Waals surface area contributed by atoms with E-state index in [0.29, 0.717) is 11.7 Å². The van der Waals surface area contributed by atoms with E-state index in [0.717, 1.165) is 19.3 Å². The molecule has 0 aromatic carbocycles. The number of hydrogen-bond donors (Lipinski definition) is 0. The predicted octanol–water partition coefficient (Wildman–Crippen LogP) is 3.90. The second kappa shape index (κ2) is 5.29. The maximum absolute atomic E-state index is 11.6. The van der Waals surface area contributed by atoms with Gasteiger partial charge in [-0.15, -0.1) is 0 Å². The van der Waals surface area contributed by atoms with E-state index in [9.17, 15) is 4.79 Å². The number of ketones is 1. The average molecular weight is 206 g/mol. The van der Waals surface area contributed by atoms with Gasteiger partial charge in [0, 0.05) is 5.92 Å². The van der Waals surface area contributed by atoms with Gasteiger partial charge in [0.15, 0.2) is 0 Å². The highest BCUT2D eigenvalue weighted by molar-refractivity contribution is 5.79. The quantitative estimate of drug-likeness (QED) is 0.640. The van der Waals surface area contributed by atoms with Crippen molar-refractivity contribution in [2.24, 2.45) is 11.8 Å². The highest BCUT2D eigenvalue weighted by Crippen LogP contribution is 2.34. The molecule has 84 valence electrons. The van der Waals surface area contributed by atoms with Crippen LogP contribution in [0.1, 0.15) is 47.0 Å². The van der Waals surface area contributed by atoms with Gasteiger partial charge in [-0.2, -0.15) is 0 Å². The molecule has 0 aliphatic heterocycles. The second-order valence-electron chi connectivity index (χ2n) is 4.87. The molecule has 0 heterocycles. The molecule has 0 saturated heterocycles. The van der Waals surface area contributed by atoms with Gasteiger partial charge >= 0.3 is 0 Å². The Bertz CT molecular complexity index is 292. The second-order valence-corrected chi connectivity index (χ2v) is 4.87. The normalized spacial score (nSPS) is 25.7.